The first kappa shape index (κ1) is 11.5. The Hall–Kier alpha value is -0.570. The van der Waals surface area contributed by atoms with E-state index in [1.165, 1.54) is 12.8 Å². The van der Waals surface area contributed by atoms with Crippen molar-refractivity contribution in [3.8, 4) is 0 Å². The molecule has 1 heterocycles. The molecule has 3 heteroatoms. The van der Waals surface area contributed by atoms with Gasteiger partial charge >= 0.3 is 0 Å². The molecule has 0 bridgehead atoms. The zero-order valence-corrected chi connectivity index (χ0v) is 9.47. The molecule has 0 saturated carbocycles. The molecule has 0 aromatic rings. The van der Waals surface area contributed by atoms with Crippen molar-refractivity contribution in [3.05, 3.63) is 0 Å². The van der Waals surface area contributed by atoms with Crippen LogP contribution in [0.25, 0.3) is 0 Å². The maximum absolute atomic E-state index is 10.9. The lowest BCUT2D eigenvalue weighted by Gasteiger charge is -2.18. The molecule has 3 nitrogen and oxygen atoms in total. The van der Waals surface area contributed by atoms with Crippen molar-refractivity contribution in [1.29, 1.82) is 0 Å². The predicted octanol–water partition coefficient (Wildman–Crippen LogP) is 1.29. The molecule has 14 heavy (non-hydrogen) atoms. The summed E-state index contributed by atoms with van der Waals surface area (Å²) in [4.78, 5) is 10.9. The van der Waals surface area contributed by atoms with E-state index in [1.54, 1.807) is 0 Å². The van der Waals surface area contributed by atoms with Crippen LogP contribution in [0.4, 0.5) is 0 Å². The lowest BCUT2D eigenvalue weighted by Crippen LogP contribution is -2.37. The molecule has 1 saturated heterocycles. The number of carbonyl (C=O) groups excluding carboxylic acids is 1. The van der Waals surface area contributed by atoms with E-state index < -0.39 is 0 Å². The van der Waals surface area contributed by atoms with E-state index in [9.17, 15) is 4.79 Å². The molecule has 0 aliphatic carbocycles. The van der Waals surface area contributed by atoms with Gasteiger partial charge in [-0.3, -0.25) is 4.79 Å². The minimum Gasteiger partial charge on any atom is -0.354 e. The van der Waals surface area contributed by atoms with Gasteiger partial charge in [-0.05, 0) is 25.7 Å². The number of rotatable bonds is 5. The first-order valence-corrected chi connectivity index (χ1v) is 5.60. The summed E-state index contributed by atoms with van der Waals surface area (Å²) in [6.07, 6.45) is 3.09. The fourth-order valence-electron chi connectivity index (χ4n) is 1.79. The van der Waals surface area contributed by atoms with Gasteiger partial charge in [0.25, 0.3) is 0 Å². The van der Waals surface area contributed by atoms with Crippen molar-refractivity contribution in [1.82, 2.24) is 10.6 Å². The largest absolute Gasteiger partial charge is 0.354 e. The van der Waals surface area contributed by atoms with Crippen LogP contribution in [0.5, 0.6) is 0 Å². The SMILES string of the molecule is CC(C)CCC(C)NC1CNC(=O)C1. The Balaban J connectivity index is 2.13. The summed E-state index contributed by atoms with van der Waals surface area (Å²) in [5.74, 6) is 0.946. The topological polar surface area (TPSA) is 41.1 Å². The van der Waals surface area contributed by atoms with Crippen molar-refractivity contribution in [2.45, 2.75) is 52.1 Å². The Bertz CT molecular complexity index is 192. The zero-order chi connectivity index (χ0) is 10.6. The molecule has 82 valence electrons. The average molecular weight is 198 g/mol. The molecular weight excluding hydrogens is 176 g/mol. The molecule has 2 N–H and O–H groups in total. The number of hydrogen-bond donors (Lipinski definition) is 2. The third-order valence-electron chi connectivity index (χ3n) is 2.67. The Morgan fingerprint density at radius 3 is 2.64 bits per heavy atom. The number of hydrogen-bond acceptors (Lipinski definition) is 2. The van der Waals surface area contributed by atoms with Gasteiger partial charge < -0.3 is 10.6 Å². The molecule has 1 amide bonds. The molecule has 0 aromatic heterocycles. The molecule has 0 spiro atoms. The smallest absolute Gasteiger partial charge is 0.221 e. The monoisotopic (exact) mass is 198 g/mol. The fourth-order valence-corrected chi connectivity index (χ4v) is 1.79. The maximum atomic E-state index is 10.9. The summed E-state index contributed by atoms with van der Waals surface area (Å²) in [6.45, 7) is 7.48. The van der Waals surface area contributed by atoms with Crippen LogP contribution in [0.1, 0.15) is 40.0 Å². The quantitative estimate of drug-likeness (QED) is 0.699. The van der Waals surface area contributed by atoms with Gasteiger partial charge in [0.15, 0.2) is 0 Å². The van der Waals surface area contributed by atoms with Gasteiger partial charge in [-0.25, -0.2) is 0 Å². The lowest BCUT2D eigenvalue weighted by atomic mass is 10.0. The van der Waals surface area contributed by atoms with E-state index >= 15 is 0 Å². The highest BCUT2D eigenvalue weighted by Gasteiger charge is 2.22. The summed E-state index contributed by atoms with van der Waals surface area (Å²) in [5.41, 5.74) is 0. The van der Waals surface area contributed by atoms with Gasteiger partial charge in [0.05, 0.1) is 0 Å². The van der Waals surface area contributed by atoms with Crippen LogP contribution in [-0.4, -0.2) is 24.5 Å². The van der Waals surface area contributed by atoms with Crippen LogP contribution >= 0.6 is 0 Å². The lowest BCUT2D eigenvalue weighted by molar-refractivity contribution is -0.119. The Kier molecular flexibility index (Phi) is 4.39. The summed E-state index contributed by atoms with van der Waals surface area (Å²) < 4.78 is 0. The van der Waals surface area contributed by atoms with E-state index in [4.69, 9.17) is 0 Å². The molecule has 0 radical (unpaired) electrons. The van der Waals surface area contributed by atoms with Crippen LogP contribution in [0, 0.1) is 5.92 Å². The Morgan fingerprint density at radius 1 is 1.43 bits per heavy atom. The van der Waals surface area contributed by atoms with E-state index in [-0.39, 0.29) is 5.91 Å². The molecule has 1 rings (SSSR count). The van der Waals surface area contributed by atoms with Crippen LogP contribution in [0.15, 0.2) is 0 Å². The van der Waals surface area contributed by atoms with Gasteiger partial charge in [0.2, 0.25) is 5.91 Å². The van der Waals surface area contributed by atoms with Gasteiger partial charge in [0.1, 0.15) is 0 Å². The van der Waals surface area contributed by atoms with Crippen LogP contribution in [0.2, 0.25) is 0 Å². The second-order valence-electron chi connectivity index (χ2n) is 4.74. The molecular formula is C11H22N2O. The summed E-state index contributed by atoms with van der Waals surface area (Å²) in [6, 6.07) is 0.875. The Labute approximate surface area is 86.6 Å². The first-order chi connectivity index (χ1) is 6.58. The molecule has 2 atom stereocenters. The minimum absolute atomic E-state index is 0.179. The Morgan fingerprint density at radius 2 is 2.14 bits per heavy atom. The number of carbonyl (C=O) groups is 1. The average Bonchev–Trinajstić information content (AvgIpc) is 2.48. The van der Waals surface area contributed by atoms with Crippen LogP contribution in [0.3, 0.4) is 0 Å². The molecule has 0 aromatic carbocycles. The minimum atomic E-state index is 0.179. The second kappa shape index (κ2) is 5.35. The standard InChI is InChI=1S/C11H22N2O/c1-8(2)4-5-9(3)13-10-6-11(14)12-7-10/h8-10,13H,4-7H2,1-3H3,(H,12,14). The predicted molar refractivity (Wildman–Crippen MR) is 58.1 cm³/mol. The number of amides is 1. The van der Waals surface area contributed by atoms with Gasteiger partial charge in [-0.15, -0.1) is 0 Å². The van der Waals surface area contributed by atoms with Gasteiger partial charge in [0, 0.05) is 25.0 Å². The van der Waals surface area contributed by atoms with Crippen molar-refractivity contribution >= 4 is 5.91 Å². The van der Waals surface area contributed by atoms with E-state index in [2.05, 4.69) is 31.4 Å². The second-order valence-corrected chi connectivity index (χ2v) is 4.74. The van der Waals surface area contributed by atoms with E-state index in [1.807, 2.05) is 0 Å². The van der Waals surface area contributed by atoms with E-state index in [0.29, 0.717) is 18.5 Å². The summed E-state index contributed by atoms with van der Waals surface area (Å²) in [7, 11) is 0. The highest BCUT2D eigenvalue weighted by molar-refractivity contribution is 5.78. The molecule has 2 unspecified atom stereocenters. The molecule has 1 aliphatic rings. The first-order valence-electron chi connectivity index (χ1n) is 5.60. The summed E-state index contributed by atoms with van der Waals surface area (Å²) >= 11 is 0. The van der Waals surface area contributed by atoms with Crippen molar-refractivity contribution in [3.63, 3.8) is 0 Å². The number of nitrogens with one attached hydrogen (secondary N) is 2. The highest BCUT2D eigenvalue weighted by atomic mass is 16.1. The van der Waals surface area contributed by atoms with Crippen molar-refractivity contribution in [2.75, 3.05) is 6.54 Å². The van der Waals surface area contributed by atoms with E-state index in [0.717, 1.165) is 12.5 Å². The third kappa shape index (κ3) is 4.09. The fraction of sp³-hybridized carbons (Fsp3) is 0.909. The molecule has 1 fully saturated rings. The molecule has 1 aliphatic heterocycles. The van der Waals surface area contributed by atoms with Crippen LogP contribution < -0.4 is 10.6 Å². The van der Waals surface area contributed by atoms with Crippen molar-refractivity contribution in [2.24, 2.45) is 5.92 Å². The normalized spacial score (nSPS) is 24.0. The summed E-state index contributed by atoms with van der Waals surface area (Å²) in [5, 5.41) is 6.32. The van der Waals surface area contributed by atoms with Gasteiger partial charge in [-0.1, -0.05) is 13.8 Å². The van der Waals surface area contributed by atoms with Crippen LogP contribution in [-0.2, 0) is 4.79 Å². The highest BCUT2D eigenvalue weighted by Crippen LogP contribution is 2.08. The third-order valence-corrected chi connectivity index (χ3v) is 2.67. The van der Waals surface area contributed by atoms with Crippen molar-refractivity contribution < 1.29 is 4.79 Å². The maximum Gasteiger partial charge on any atom is 0.221 e. The zero-order valence-electron chi connectivity index (χ0n) is 9.47. The van der Waals surface area contributed by atoms with Gasteiger partial charge in [-0.2, -0.15) is 0 Å².